The SMILES string of the molecule is C=C1C[C@@H](c2ccc(CC#N)c(C)c2)Cc2cccc(C)c21. The summed E-state index contributed by atoms with van der Waals surface area (Å²) in [5.41, 5.74) is 9.10. The lowest BCUT2D eigenvalue weighted by molar-refractivity contribution is 0.682. The van der Waals surface area contributed by atoms with Crippen molar-refractivity contribution in [2.24, 2.45) is 0 Å². The molecule has 0 amide bonds. The molecular weight excluding hydrogens is 266 g/mol. The molecule has 0 bridgehead atoms. The third kappa shape index (κ3) is 2.57. The molecule has 0 heterocycles. The van der Waals surface area contributed by atoms with Crippen LogP contribution in [-0.4, -0.2) is 0 Å². The summed E-state index contributed by atoms with van der Waals surface area (Å²) in [6.45, 7) is 8.59. The zero-order valence-corrected chi connectivity index (χ0v) is 13.3. The molecule has 2 aromatic carbocycles. The van der Waals surface area contributed by atoms with Gasteiger partial charge in [0.1, 0.15) is 0 Å². The highest BCUT2D eigenvalue weighted by Gasteiger charge is 2.23. The second kappa shape index (κ2) is 5.81. The highest BCUT2D eigenvalue weighted by atomic mass is 14.3. The Bertz CT molecular complexity index is 777. The molecule has 0 aromatic heterocycles. The second-order valence-corrected chi connectivity index (χ2v) is 6.34. The average molecular weight is 287 g/mol. The van der Waals surface area contributed by atoms with E-state index in [0.717, 1.165) is 18.4 Å². The lowest BCUT2D eigenvalue weighted by Gasteiger charge is -2.28. The van der Waals surface area contributed by atoms with Crippen molar-refractivity contribution in [2.45, 2.75) is 39.0 Å². The second-order valence-electron chi connectivity index (χ2n) is 6.34. The maximum Gasteiger partial charge on any atom is 0.0669 e. The van der Waals surface area contributed by atoms with Crippen molar-refractivity contribution in [3.05, 3.63) is 76.4 Å². The Kier molecular flexibility index (Phi) is 3.86. The normalized spacial score (nSPS) is 17.0. The minimum absolute atomic E-state index is 0.492. The molecule has 1 heteroatoms. The molecule has 0 aliphatic heterocycles. The van der Waals surface area contributed by atoms with E-state index < -0.39 is 0 Å². The maximum absolute atomic E-state index is 8.87. The van der Waals surface area contributed by atoms with Crippen molar-refractivity contribution in [1.82, 2.24) is 0 Å². The van der Waals surface area contributed by atoms with Gasteiger partial charge in [0.25, 0.3) is 0 Å². The lowest BCUT2D eigenvalue weighted by atomic mass is 9.76. The van der Waals surface area contributed by atoms with Crippen LogP contribution in [0.5, 0.6) is 0 Å². The summed E-state index contributed by atoms with van der Waals surface area (Å²) in [5.74, 6) is 0.497. The summed E-state index contributed by atoms with van der Waals surface area (Å²) in [6.07, 6.45) is 2.59. The third-order valence-corrected chi connectivity index (χ3v) is 4.78. The van der Waals surface area contributed by atoms with Crippen LogP contribution < -0.4 is 0 Å². The van der Waals surface area contributed by atoms with Gasteiger partial charge < -0.3 is 0 Å². The van der Waals surface area contributed by atoms with Crippen molar-refractivity contribution in [3.8, 4) is 6.07 Å². The van der Waals surface area contributed by atoms with Gasteiger partial charge in [-0.25, -0.2) is 0 Å². The van der Waals surface area contributed by atoms with Gasteiger partial charge in [-0.15, -0.1) is 0 Å². The Morgan fingerprint density at radius 1 is 1.14 bits per heavy atom. The van der Waals surface area contributed by atoms with Gasteiger partial charge in [-0.1, -0.05) is 43.0 Å². The number of benzene rings is 2. The highest BCUT2D eigenvalue weighted by Crippen LogP contribution is 2.40. The summed E-state index contributed by atoms with van der Waals surface area (Å²) >= 11 is 0. The molecule has 0 spiro atoms. The van der Waals surface area contributed by atoms with Gasteiger partial charge in [-0.3, -0.25) is 0 Å². The van der Waals surface area contributed by atoms with Crippen molar-refractivity contribution < 1.29 is 0 Å². The van der Waals surface area contributed by atoms with E-state index in [1.807, 2.05) is 0 Å². The number of nitriles is 1. The first-order valence-electron chi connectivity index (χ1n) is 7.83. The van der Waals surface area contributed by atoms with E-state index in [0.29, 0.717) is 12.3 Å². The van der Waals surface area contributed by atoms with E-state index in [1.54, 1.807) is 0 Å². The molecular formula is C21H21N. The Morgan fingerprint density at radius 2 is 1.95 bits per heavy atom. The fraction of sp³-hybridized carbons (Fsp3) is 0.286. The minimum Gasteiger partial charge on any atom is -0.198 e. The quantitative estimate of drug-likeness (QED) is 0.752. The molecule has 1 atom stereocenters. The molecule has 1 nitrogen and oxygen atoms in total. The maximum atomic E-state index is 8.87. The van der Waals surface area contributed by atoms with Gasteiger partial charge in [-0.05, 0) is 71.6 Å². The highest BCUT2D eigenvalue weighted by molar-refractivity contribution is 5.72. The first kappa shape index (κ1) is 14.6. The molecule has 3 rings (SSSR count). The van der Waals surface area contributed by atoms with Crippen LogP contribution >= 0.6 is 0 Å². The molecule has 110 valence electrons. The third-order valence-electron chi connectivity index (χ3n) is 4.78. The largest absolute Gasteiger partial charge is 0.198 e. The van der Waals surface area contributed by atoms with Crippen LogP contribution in [-0.2, 0) is 12.8 Å². The zero-order valence-electron chi connectivity index (χ0n) is 13.3. The smallest absolute Gasteiger partial charge is 0.0669 e. The standard InChI is InChI=1S/C21H21N/c1-14-5-4-6-19-13-20(12-16(3)21(14)19)18-8-7-17(9-10-22)15(2)11-18/h4-8,11,20H,3,9,12-13H2,1-2H3/t20-/m1/s1. The van der Waals surface area contributed by atoms with E-state index in [4.69, 9.17) is 5.26 Å². The van der Waals surface area contributed by atoms with Gasteiger partial charge in [0.15, 0.2) is 0 Å². The summed E-state index contributed by atoms with van der Waals surface area (Å²) in [7, 11) is 0. The molecule has 0 N–H and O–H groups in total. The van der Waals surface area contributed by atoms with Crippen LogP contribution in [0.3, 0.4) is 0 Å². The van der Waals surface area contributed by atoms with Gasteiger partial charge in [-0.2, -0.15) is 5.26 Å². The first-order chi connectivity index (χ1) is 10.6. The molecule has 0 saturated carbocycles. The molecule has 1 aliphatic carbocycles. The molecule has 0 fully saturated rings. The molecule has 1 aliphatic rings. The Balaban J connectivity index is 1.93. The molecule has 0 radical (unpaired) electrons. The summed E-state index contributed by atoms with van der Waals surface area (Å²) in [6, 6.07) is 15.3. The van der Waals surface area contributed by atoms with E-state index in [1.165, 1.54) is 33.4 Å². The van der Waals surface area contributed by atoms with E-state index >= 15 is 0 Å². The first-order valence-corrected chi connectivity index (χ1v) is 7.83. The topological polar surface area (TPSA) is 23.8 Å². The fourth-order valence-corrected chi connectivity index (χ4v) is 3.63. The van der Waals surface area contributed by atoms with Crippen LogP contribution in [0.2, 0.25) is 0 Å². The summed E-state index contributed by atoms with van der Waals surface area (Å²) in [4.78, 5) is 0. The summed E-state index contributed by atoms with van der Waals surface area (Å²) in [5, 5.41) is 8.87. The number of fused-ring (bicyclic) bond motifs is 1. The van der Waals surface area contributed by atoms with Crippen molar-refractivity contribution >= 4 is 5.57 Å². The molecule has 22 heavy (non-hydrogen) atoms. The van der Waals surface area contributed by atoms with E-state index in [9.17, 15) is 0 Å². The number of allylic oxidation sites excluding steroid dienone is 1. The lowest BCUT2D eigenvalue weighted by Crippen LogP contribution is -2.13. The number of hydrogen-bond donors (Lipinski definition) is 0. The summed E-state index contributed by atoms with van der Waals surface area (Å²) < 4.78 is 0. The van der Waals surface area contributed by atoms with E-state index in [-0.39, 0.29) is 0 Å². The Morgan fingerprint density at radius 3 is 2.68 bits per heavy atom. The number of hydrogen-bond acceptors (Lipinski definition) is 1. The van der Waals surface area contributed by atoms with Crippen LogP contribution in [0.25, 0.3) is 5.57 Å². The Labute approximate surface area is 132 Å². The number of rotatable bonds is 2. The van der Waals surface area contributed by atoms with Crippen molar-refractivity contribution in [1.29, 1.82) is 5.26 Å². The van der Waals surface area contributed by atoms with Crippen LogP contribution in [0.4, 0.5) is 0 Å². The fourth-order valence-electron chi connectivity index (χ4n) is 3.63. The zero-order chi connectivity index (χ0) is 15.7. The number of nitrogens with zero attached hydrogens (tertiary/aromatic N) is 1. The van der Waals surface area contributed by atoms with Crippen molar-refractivity contribution in [3.63, 3.8) is 0 Å². The molecule has 0 unspecified atom stereocenters. The van der Waals surface area contributed by atoms with Crippen LogP contribution in [0.1, 0.15) is 45.7 Å². The predicted molar refractivity (Wildman–Crippen MR) is 91.8 cm³/mol. The average Bonchev–Trinajstić information content (AvgIpc) is 2.49. The Hall–Kier alpha value is -2.33. The number of aryl methyl sites for hydroxylation is 2. The minimum atomic E-state index is 0.492. The van der Waals surface area contributed by atoms with Gasteiger partial charge in [0, 0.05) is 0 Å². The van der Waals surface area contributed by atoms with Gasteiger partial charge in [0.2, 0.25) is 0 Å². The van der Waals surface area contributed by atoms with Crippen molar-refractivity contribution in [2.75, 3.05) is 0 Å². The predicted octanol–water partition coefficient (Wildman–Crippen LogP) is 5.11. The monoisotopic (exact) mass is 287 g/mol. The molecule has 0 saturated heterocycles. The van der Waals surface area contributed by atoms with E-state index in [2.05, 4.69) is 62.9 Å². The van der Waals surface area contributed by atoms with Gasteiger partial charge in [0.05, 0.1) is 12.5 Å². The van der Waals surface area contributed by atoms with Gasteiger partial charge >= 0.3 is 0 Å². The van der Waals surface area contributed by atoms with Crippen LogP contribution in [0, 0.1) is 25.2 Å². The molecule has 2 aromatic rings. The van der Waals surface area contributed by atoms with Crippen LogP contribution in [0.15, 0.2) is 43.0 Å².